The molecule has 0 atom stereocenters. The van der Waals surface area contributed by atoms with E-state index in [-0.39, 0.29) is 11.4 Å². The van der Waals surface area contributed by atoms with Gasteiger partial charge in [-0.2, -0.15) is 0 Å². The van der Waals surface area contributed by atoms with Gasteiger partial charge in [0.25, 0.3) is 5.69 Å². The molecule has 0 aliphatic rings. The number of nitrogens with one attached hydrogen (secondary N) is 1. The van der Waals surface area contributed by atoms with E-state index in [4.69, 9.17) is 0 Å². The van der Waals surface area contributed by atoms with E-state index in [1.165, 1.54) is 18.3 Å². The highest BCUT2D eigenvalue weighted by Gasteiger charge is 2.21. The Bertz CT molecular complexity index is 1300. The number of hydrogen-bond acceptors (Lipinski definition) is 7. The maximum Gasteiger partial charge on any atom is 0.419 e. The third kappa shape index (κ3) is 3.34. The minimum atomic E-state index is -1.11. The van der Waals surface area contributed by atoms with Crippen molar-refractivity contribution in [1.29, 1.82) is 0 Å². The van der Waals surface area contributed by atoms with Crippen LogP contribution >= 0.6 is 0 Å². The van der Waals surface area contributed by atoms with E-state index in [0.717, 1.165) is 17.8 Å². The van der Waals surface area contributed by atoms with Crippen molar-refractivity contribution in [2.75, 3.05) is 5.32 Å². The zero-order chi connectivity index (χ0) is 20.5. The molecule has 144 valence electrons. The Kier molecular flexibility index (Phi) is 4.36. The SMILES string of the molecule is CC(=O)OC(=O)Nc1c([N+](=O)[O-])ccc2cnc(-n3ccc4ccncc43)cc12. The van der Waals surface area contributed by atoms with Crippen LogP contribution in [-0.4, -0.2) is 31.5 Å². The quantitative estimate of drug-likeness (QED) is 0.244. The lowest BCUT2D eigenvalue weighted by atomic mass is 10.1. The van der Waals surface area contributed by atoms with Crippen molar-refractivity contribution in [3.05, 3.63) is 65.2 Å². The number of aromatic nitrogens is 3. The normalized spacial score (nSPS) is 10.8. The van der Waals surface area contributed by atoms with E-state index in [9.17, 15) is 19.7 Å². The molecule has 0 saturated carbocycles. The number of pyridine rings is 2. The second kappa shape index (κ2) is 7.00. The smallest absolute Gasteiger partial charge is 0.376 e. The van der Waals surface area contributed by atoms with Crippen LogP contribution in [-0.2, 0) is 9.53 Å². The molecule has 0 radical (unpaired) electrons. The summed E-state index contributed by atoms with van der Waals surface area (Å²) in [6.07, 6.45) is 5.58. The lowest BCUT2D eigenvalue weighted by molar-refractivity contribution is -0.383. The van der Waals surface area contributed by atoms with Crippen molar-refractivity contribution < 1.29 is 19.2 Å². The van der Waals surface area contributed by atoms with E-state index >= 15 is 0 Å². The van der Waals surface area contributed by atoms with Crippen LogP contribution in [0, 0.1) is 10.1 Å². The molecule has 1 amide bonds. The summed E-state index contributed by atoms with van der Waals surface area (Å²) >= 11 is 0. The first-order valence-electron chi connectivity index (χ1n) is 8.42. The summed E-state index contributed by atoms with van der Waals surface area (Å²) in [6, 6.07) is 8.13. The highest BCUT2D eigenvalue weighted by atomic mass is 16.6. The van der Waals surface area contributed by atoms with Crippen LogP contribution in [0.3, 0.4) is 0 Å². The van der Waals surface area contributed by atoms with E-state index in [1.807, 2.05) is 12.1 Å². The molecular formula is C19H13N5O5. The van der Waals surface area contributed by atoms with Crippen LogP contribution in [0.15, 0.2) is 55.1 Å². The first kappa shape index (κ1) is 18.0. The highest BCUT2D eigenvalue weighted by molar-refractivity contribution is 6.06. The fourth-order valence-electron chi connectivity index (χ4n) is 3.04. The molecule has 4 aromatic rings. The number of nitrogens with zero attached hydrogens (tertiary/aromatic N) is 4. The van der Waals surface area contributed by atoms with Gasteiger partial charge < -0.3 is 4.74 Å². The molecule has 1 aromatic carbocycles. The van der Waals surface area contributed by atoms with Gasteiger partial charge in [-0.15, -0.1) is 0 Å². The molecule has 0 bridgehead atoms. The standard InChI is InChI=1S/C19H13N5O5/c1-11(25)29-19(26)22-18-14-8-17(21-9-13(14)2-3-15(18)24(27)28)23-7-5-12-4-6-20-10-16(12)23/h2-10H,1H3,(H,22,26). The Morgan fingerprint density at radius 1 is 1.17 bits per heavy atom. The lowest BCUT2D eigenvalue weighted by Gasteiger charge is -2.11. The Balaban J connectivity index is 1.90. The summed E-state index contributed by atoms with van der Waals surface area (Å²) in [7, 11) is 0. The monoisotopic (exact) mass is 391 g/mol. The maximum absolute atomic E-state index is 11.9. The van der Waals surface area contributed by atoms with Crippen molar-refractivity contribution in [2.45, 2.75) is 6.92 Å². The van der Waals surface area contributed by atoms with Crippen LogP contribution in [0.4, 0.5) is 16.2 Å². The van der Waals surface area contributed by atoms with Crippen molar-refractivity contribution in [3.63, 3.8) is 0 Å². The summed E-state index contributed by atoms with van der Waals surface area (Å²) < 4.78 is 6.23. The molecule has 1 N–H and O–H groups in total. The van der Waals surface area contributed by atoms with Crippen LogP contribution in [0.1, 0.15) is 6.92 Å². The molecule has 0 aliphatic heterocycles. The summed E-state index contributed by atoms with van der Waals surface area (Å²) in [5.41, 5.74) is 0.376. The number of carbonyl (C=O) groups excluding carboxylic acids is 2. The first-order chi connectivity index (χ1) is 13.9. The average Bonchev–Trinajstić information content (AvgIpc) is 3.11. The molecule has 29 heavy (non-hydrogen) atoms. The number of anilines is 1. The van der Waals surface area contributed by atoms with Gasteiger partial charge >= 0.3 is 12.1 Å². The zero-order valence-electron chi connectivity index (χ0n) is 15.0. The molecule has 0 unspecified atom stereocenters. The minimum absolute atomic E-state index is 0.0861. The molecular weight excluding hydrogens is 378 g/mol. The third-order valence-electron chi connectivity index (χ3n) is 4.27. The highest BCUT2D eigenvalue weighted by Crippen LogP contribution is 2.34. The fraction of sp³-hybridized carbons (Fsp3) is 0.0526. The van der Waals surface area contributed by atoms with Gasteiger partial charge in [-0.05, 0) is 24.3 Å². The largest absolute Gasteiger partial charge is 0.419 e. The number of esters is 1. The number of carbonyl (C=O) groups is 2. The van der Waals surface area contributed by atoms with Gasteiger partial charge in [0.2, 0.25) is 0 Å². The number of amides is 1. The van der Waals surface area contributed by atoms with Gasteiger partial charge in [0, 0.05) is 47.7 Å². The zero-order valence-corrected chi connectivity index (χ0v) is 15.0. The number of fused-ring (bicyclic) bond motifs is 2. The second-order valence-electron chi connectivity index (χ2n) is 6.11. The molecule has 0 aliphatic carbocycles. The Labute approximate surface area is 162 Å². The number of benzene rings is 1. The van der Waals surface area contributed by atoms with Gasteiger partial charge in [0.1, 0.15) is 11.5 Å². The van der Waals surface area contributed by atoms with Gasteiger partial charge in [0.05, 0.1) is 16.6 Å². The topological polar surface area (TPSA) is 129 Å². The van der Waals surface area contributed by atoms with E-state index in [1.54, 1.807) is 29.2 Å². The molecule has 0 saturated heterocycles. The Hall–Kier alpha value is -4.34. The molecule has 3 aromatic heterocycles. The van der Waals surface area contributed by atoms with Crippen LogP contribution < -0.4 is 5.32 Å². The van der Waals surface area contributed by atoms with Crippen LogP contribution in [0.25, 0.3) is 27.5 Å². The summed E-state index contributed by atoms with van der Waals surface area (Å²) in [5, 5.41) is 15.7. The molecule has 0 fully saturated rings. The summed E-state index contributed by atoms with van der Waals surface area (Å²) in [6.45, 7) is 1.06. The third-order valence-corrected chi connectivity index (χ3v) is 4.27. The number of nitro groups is 1. The van der Waals surface area contributed by atoms with Gasteiger partial charge in [0.15, 0.2) is 0 Å². The van der Waals surface area contributed by atoms with Crippen LogP contribution in [0.5, 0.6) is 0 Å². The van der Waals surface area contributed by atoms with E-state index in [0.29, 0.717) is 16.6 Å². The van der Waals surface area contributed by atoms with Gasteiger partial charge in [-0.3, -0.25) is 29.8 Å². The minimum Gasteiger partial charge on any atom is -0.376 e. The average molecular weight is 391 g/mol. The van der Waals surface area contributed by atoms with E-state index < -0.39 is 17.0 Å². The summed E-state index contributed by atoms with van der Waals surface area (Å²) in [4.78, 5) is 42.3. The predicted molar refractivity (Wildman–Crippen MR) is 104 cm³/mol. The lowest BCUT2D eigenvalue weighted by Crippen LogP contribution is -2.17. The van der Waals surface area contributed by atoms with Crippen molar-refractivity contribution in [3.8, 4) is 5.82 Å². The number of hydrogen-bond donors (Lipinski definition) is 1. The summed E-state index contributed by atoms with van der Waals surface area (Å²) in [5.74, 6) is -0.358. The van der Waals surface area contributed by atoms with Crippen molar-refractivity contribution in [2.24, 2.45) is 0 Å². The molecule has 10 nitrogen and oxygen atoms in total. The van der Waals surface area contributed by atoms with Gasteiger partial charge in [-0.25, -0.2) is 9.78 Å². The number of nitro benzene ring substituents is 1. The number of ether oxygens (including phenoxy) is 1. The van der Waals surface area contributed by atoms with Crippen LogP contribution in [0.2, 0.25) is 0 Å². The fourth-order valence-corrected chi connectivity index (χ4v) is 3.04. The maximum atomic E-state index is 11.9. The van der Waals surface area contributed by atoms with E-state index in [2.05, 4.69) is 20.0 Å². The molecule has 3 heterocycles. The molecule has 0 spiro atoms. The van der Waals surface area contributed by atoms with Crippen molar-refractivity contribution >= 4 is 45.1 Å². The first-order valence-corrected chi connectivity index (χ1v) is 8.42. The second-order valence-corrected chi connectivity index (χ2v) is 6.11. The Morgan fingerprint density at radius 2 is 2.00 bits per heavy atom. The number of rotatable bonds is 3. The van der Waals surface area contributed by atoms with Crippen molar-refractivity contribution in [1.82, 2.24) is 14.5 Å². The Morgan fingerprint density at radius 3 is 2.76 bits per heavy atom. The molecule has 10 heteroatoms. The predicted octanol–water partition coefficient (Wildman–Crippen LogP) is 3.58. The van der Waals surface area contributed by atoms with Gasteiger partial charge in [-0.1, -0.05) is 0 Å². The molecule has 4 rings (SSSR count).